The van der Waals surface area contributed by atoms with Crippen molar-refractivity contribution >= 4 is 5.91 Å². The molecule has 0 bridgehead atoms. The van der Waals surface area contributed by atoms with Gasteiger partial charge in [-0.1, -0.05) is 11.3 Å². The molecule has 2 unspecified atom stereocenters. The number of ether oxygens (including phenoxy) is 3. The molecule has 2 fully saturated rings. The molecule has 1 amide bonds. The van der Waals surface area contributed by atoms with Gasteiger partial charge in [0.25, 0.3) is 0 Å². The summed E-state index contributed by atoms with van der Waals surface area (Å²) in [5, 5.41) is 25.3. The van der Waals surface area contributed by atoms with E-state index in [1.807, 2.05) is 17.0 Å². The quantitative estimate of drug-likeness (QED) is 0.363. The Bertz CT molecular complexity index is 923. The van der Waals surface area contributed by atoms with Crippen molar-refractivity contribution in [3.8, 4) is 5.75 Å². The molecule has 2 aromatic rings. The second-order valence-corrected chi connectivity index (χ2v) is 9.41. The first kappa shape index (κ1) is 25.6. The highest BCUT2D eigenvalue weighted by Crippen LogP contribution is 2.38. The maximum atomic E-state index is 13.9. The van der Waals surface area contributed by atoms with E-state index >= 15 is 0 Å². The first-order valence-corrected chi connectivity index (χ1v) is 12.4. The van der Waals surface area contributed by atoms with Crippen molar-refractivity contribution in [1.29, 1.82) is 0 Å². The Morgan fingerprint density at radius 1 is 1.17 bits per heavy atom. The zero-order valence-corrected chi connectivity index (χ0v) is 20.7. The van der Waals surface area contributed by atoms with Crippen molar-refractivity contribution in [3.05, 3.63) is 41.2 Å². The Morgan fingerprint density at radius 2 is 1.97 bits per heavy atom. The molecule has 1 saturated heterocycles. The van der Waals surface area contributed by atoms with Gasteiger partial charge in [0.05, 0.1) is 12.5 Å². The highest BCUT2D eigenvalue weighted by Gasteiger charge is 2.49. The Kier molecular flexibility index (Phi) is 8.72. The summed E-state index contributed by atoms with van der Waals surface area (Å²) < 4.78 is 16.3. The second kappa shape index (κ2) is 11.9. The van der Waals surface area contributed by atoms with Crippen LogP contribution >= 0.6 is 0 Å². The topological polar surface area (TPSA) is 122 Å². The lowest BCUT2D eigenvalue weighted by Crippen LogP contribution is -2.55. The molecule has 2 aliphatic rings. The van der Waals surface area contributed by atoms with E-state index < -0.39 is 11.5 Å². The SMILES string of the molecule is COCCCc1cc(CN(C(=O)C2CNCCC2(O)c2c[nH]nn2)C2CC2)cc(OCCOC)c1. The fourth-order valence-corrected chi connectivity index (χ4v) is 4.76. The number of rotatable bonds is 13. The van der Waals surface area contributed by atoms with Gasteiger partial charge in [0.1, 0.15) is 23.7 Å². The minimum atomic E-state index is -1.35. The predicted molar refractivity (Wildman–Crippen MR) is 129 cm³/mol. The number of H-pyrrole nitrogens is 1. The number of methoxy groups -OCH3 is 2. The first-order chi connectivity index (χ1) is 17.0. The van der Waals surface area contributed by atoms with Gasteiger partial charge in [-0.3, -0.25) is 9.89 Å². The van der Waals surface area contributed by atoms with Crippen LogP contribution in [-0.2, 0) is 32.8 Å². The van der Waals surface area contributed by atoms with Gasteiger partial charge in [-0.15, -0.1) is 5.10 Å². The highest BCUT2D eigenvalue weighted by atomic mass is 16.5. The van der Waals surface area contributed by atoms with Crippen molar-refractivity contribution in [2.75, 3.05) is 47.1 Å². The smallest absolute Gasteiger partial charge is 0.230 e. The van der Waals surface area contributed by atoms with Gasteiger partial charge >= 0.3 is 0 Å². The van der Waals surface area contributed by atoms with Crippen molar-refractivity contribution in [2.45, 2.75) is 50.3 Å². The van der Waals surface area contributed by atoms with E-state index in [0.29, 0.717) is 51.6 Å². The average Bonchev–Trinajstić information content (AvgIpc) is 3.54. The number of hydrogen-bond donors (Lipinski definition) is 3. The van der Waals surface area contributed by atoms with Gasteiger partial charge in [0.15, 0.2) is 0 Å². The Balaban J connectivity index is 1.55. The summed E-state index contributed by atoms with van der Waals surface area (Å²) in [7, 11) is 3.35. The average molecular weight is 488 g/mol. The van der Waals surface area contributed by atoms with E-state index in [2.05, 4.69) is 26.8 Å². The number of aromatic nitrogens is 3. The van der Waals surface area contributed by atoms with E-state index in [1.54, 1.807) is 20.4 Å². The normalized spacial score (nSPS) is 22.2. The Labute approximate surface area is 206 Å². The number of nitrogens with zero attached hydrogens (tertiary/aromatic N) is 3. The number of nitrogens with one attached hydrogen (secondary N) is 2. The fourth-order valence-electron chi connectivity index (χ4n) is 4.76. The van der Waals surface area contributed by atoms with Crippen LogP contribution in [0.1, 0.15) is 42.5 Å². The van der Waals surface area contributed by atoms with Crippen LogP contribution in [0, 0.1) is 5.92 Å². The zero-order chi connectivity index (χ0) is 24.7. The third-order valence-corrected chi connectivity index (χ3v) is 6.79. The summed E-state index contributed by atoms with van der Waals surface area (Å²) in [6.45, 7) is 3.13. The third-order valence-electron chi connectivity index (χ3n) is 6.79. The van der Waals surface area contributed by atoms with Crippen LogP contribution in [0.5, 0.6) is 5.75 Å². The van der Waals surface area contributed by atoms with Gasteiger partial charge in [0, 0.05) is 46.2 Å². The summed E-state index contributed by atoms with van der Waals surface area (Å²) in [4.78, 5) is 15.8. The van der Waals surface area contributed by atoms with Crippen LogP contribution < -0.4 is 10.1 Å². The van der Waals surface area contributed by atoms with Gasteiger partial charge in [-0.05, 0) is 61.9 Å². The number of amides is 1. The highest BCUT2D eigenvalue weighted by molar-refractivity contribution is 5.81. The molecule has 0 spiro atoms. The van der Waals surface area contributed by atoms with E-state index in [9.17, 15) is 9.90 Å². The van der Waals surface area contributed by atoms with Crippen molar-refractivity contribution in [3.63, 3.8) is 0 Å². The van der Waals surface area contributed by atoms with E-state index in [4.69, 9.17) is 14.2 Å². The Morgan fingerprint density at radius 3 is 2.69 bits per heavy atom. The lowest BCUT2D eigenvalue weighted by atomic mass is 9.78. The van der Waals surface area contributed by atoms with Crippen LogP contribution in [0.3, 0.4) is 0 Å². The van der Waals surface area contributed by atoms with Gasteiger partial charge in [0.2, 0.25) is 5.91 Å². The summed E-state index contributed by atoms with van der Waals surface area (Å²) >= 11 is 0. The molecule has 1 aliphatic carbocycles. The summed E-state index contributed by atoms with van der Waals surface area (Å²) in [6, 6.07) is 6.37. The van der Waals surface area contributed by atoms with E-state index in [1.165, 1.54) is 0 Å². The standard InChI is InChI=1S/C25H37N5O5/c1-33-9-3-4-18-12-19(14-21(13-18)35-11-10-34-2)17-30(20-5-6-20)24(31)22-15-26-8-7-25(22,32)23-16-27-29-28-23/h12-14,16,20,22,26,32H,3-11,15,17H2,1-2H3,(H,27,28,29). The zero-order valence-electron chi connectivity index (χ0n) is 20.7. The van der Waals surface area contributed by atoms with Crippen molar-refractivity contribution < 1.29 is 24.1 Å². The molecule has 1 aromatic carbocycles. The molecule has 3 N–H and O–H groups in total. The van der Waals surface area contributed by atoms with Gasteiger partial charge in [-0.25, -0.2) is 0 Å². The molecule has 1 aliphatic heterocycles. The van der Waals surface area contributed by atoms with E-state index in [0.717, 1.165) is 42.6 Å². The molecule has 10 nitrogen and oxygen atoms in total. The van der Waals surface area contributed by atoms with Crippen LogP contribution in [0.15, 0.2) is 24.4 Å². The molecule has 2 atom stereocenters. The molecular formula is C25H37N5O5. The first-order valence-electron chi connectivity index (χ1n) is 12.4. The summed E-state index contributed by atoms with van der Waals surface area (Å²) in [5.74, 6) is 0.0784. The molecule has 4 rings (SSSR count). The molecule has 1 saturated carbocycles. The second-order valence-electron chi connectivity index (χ2n) is 9.41. The number of aromatic amines is 1. The lowest BCUT2D eigenvalue weighted by Gasteiger charge is -2.40. The third kappa shape index (κ3) is 6.38. The minimum Gasteiger partial charge on any atom is -0.491 e. The fraction of sp³-hybridized carbons (Fsp3) is 0.640. The van der Waals surface area contributed by atoms with Crippen LogP contribution in [0.4, 0.5) is 0 Å². The van der Waals surface area contributed by atoms with Crippen molar-refractivity contribution in [1.82, 2.24) is 25.6 Å². The summed E-state index contributed by atoms with van der Waals surface area (Å²) in [6.07, 6.45) is 5.69. The molecule has 2 heterocycles. The number of piperidine rings is 1. The molecule has 192 valence electrons. The molecule has 35 heavy (non-hydrogen) atoms. The van der Waals surface area contributed by atoms with Crippen LogP contribution in [0.25, 0.3) is 0 Å². The number of aliphatic hydroxyl groups is 1. The Hall–Kier alpha value is -2.53. The van der Waals surface area contributed by atoms with Crippen LogP contribution in [-0.4, -0.2) is 84.5 Å². The summed E-state index contributed by atoms with van der Waals surface area (Å²) in [5.41, 5.74) is 1.23. The predicted octanol–water partition coefficient (Wildman–Crippen LogP) is 1.40. The van der Waals surface area contributed by atoms with Crippen molar-refractivity contribution in [2.24, 2.45) is 5.92 Å². The van der Waals surface area contributed by atoms with Gasteiger partial charge in [-0.2, -0.15) is 0 Å². The van der Waals surface area contributed by atoms with Crippen LogP contribution in [0.2, 0.25) is 0 Å². The number of hydrogen-bond acceptors (Lipinski definition) is 8. The monoisotopic (exact) mass is 487 g/mol. The van der Waals surface area contributed by atoms with Gasteiger partial charge < -0.3 is 29.5 Å². The largest absolute Gasteiger partial charge is 0.491 e. The molecular weight excluding hydrogens is 450 g/mol. The lowest BCUT2D eigenvalue weighted by molar-refractivity contribution is -0.151. The number of carbonyl (C=O) groups excluding carboxylic acids is 1. The minimum absolute atomic E-state index is 0.0585. The molecule has 0 radical (unpaired) electrons. The maximum absolute atomic E-state index is 13.9. The van der Waals surface area contributed by atoms with E-state index in [-0.39, 0.29) is 11.9 Å². The number of aryl methyl sites for hydroxylation is 1. The number of benzene rings is 1. The molecule has 10 heteroatoms. The number of carbonyl (C=O) groups is 1. The maximum Gasteiger partial charge on any atom is 0.230 e. The molecule has 1 aromatic heterocycles.